The van der Waals surface area contributed by atoms with E-state index in [9.17, 15) is 5.11 Å². The molecule has 0 saturated heterocycles. The molecule has 1 N–H and O–H groups in total. The third-order valence-electron chi connectivity index (χ3n) is 2.34. The molecule has 0 amide bonds. The second kappa shape index (κ2) is 11.4. The molecule has 0 fully saturated rings. The zero-order valence-electron chi connectivity index (χ0n) is 9.80. The van der Waals surface area contributed by atoms with Crippen LogP contribution in [0.5, 0.6) is 0 Å². The van der Waals surface area contributed by atoms with Gasteiger partial charge >= 0.3 is 0 Å². The van der Waals surface area contributed by atoms with Crippen molar-refractivity contribution in [1.29, 1.82) is 0 Å². The van der Waals surface area contributed by atoms with Gasteiger partial charge < -0.3 is 5.11 Å². The van der Waals surface area contributed by atoms with Crippen LogP contribution >= 0.6 is 11.8 Å². The molecule has 0 heterocycles. The molecule has 14 heavy (non-hydrogen) atoms. The van der Waals surface area contributed by atoms with Gasteiger partial charge in [-0.15, -0.1) is 0 Å². The molecule has 0 aromatic rings. The molecule has 0 aliphatic heterocycles. The SMILES string of the molecule is CCCCCCC(O)CSCCCC. The van der Waals surface area contributed by atoms with E-state index in [0.29, 0.717) is 0 Å². The van der Waals surface area contributed by atoms with Gasteiger partial charge in [-0.2, -0.15) is 11.8 Å². The van der Waals surface area contributed by atoms with Gasteiger partial charge in [0, 0.05) is 5.75 Å². The van der Waals surface area contributed by atoms with Crippen LogP contribution in [0.2, 0.25) is 0 Å². The van der Waals surface area contributed by atoms with Crippen LogP contribution < -0.4 is 0 Å². The quantitative estimate of drug-likeness (QED) is 0.562. The minimum atomic E-state index is -0.0614. The average molecular weight is 218 g/mol. The Bertz CT molecular complexity index is 94.5. The van der Waals surface area contributed by atoms with Gasteiger partial charge in [0.15, 0.2) is 0 Å². The number of unbranched alkanes of at least 4 members (excludes halogenated alkanes) is 4. The Hall–Kier alpha value is 0.310. The number of hydrogen-bond donors (Lipinski definition) is 1. The molecule has 0 radical (unpaired) electrons. The Morgan fingerprint density at radius 1 is 1.00 bits per heavy atom. The summed E-state index contributed by atoms with van der Waals surface area (Å²) in [6.07, 6.45) is 8.56. The van der Waals surface area contributed by atoms with Gasteiger partial charge in [-0.25, -0.2) is 0 Å². The van der Waals surface area contributed by atoms with E-state index in [2.05, 4.69) is 13.8 Å². The monoisotopic (exact) mass is 218 g/mol. The van der Waals surface area contributed by atoms with Gasteiger partial charge in [0.2, 0.25) is 0 Å². The van der Waals surface area contributed by atoms with Crippen molar-refractivity contribution < 1.29 is 5.11 Å². The molecular formula is C12H26OS. The highest BCUT2D eigenvalue weighted by Crippen LogP contribution is 2.11. The van der Waals surface area contributed by atoms with E-state index >= 15 is 0 Å². The first kappa shape index (κ1) is 14.3. The lowest BCUT2D eigenvalue weighted by atomic mass is 10.1. The molecule has 0 bridgehead atoms. The minimum Gasteiger partial charge on any atom is -0.392 e. The van der Waals surface area contributed by atoms with Crippen molar-refractivity contribution in [1.82, 2.24) is 0 Å². The van der Waals surface area contributed by atoms with Crippen molar-refractivity contribution in [3.63, 3.8) is 0 Å². The molecule has 2 heteroatoms. The van der Waals surface area contributed by atoms with Crippen LogP contribution in [0.25, 0.3) is 0 Å². The summed E-state index contributed by atoms with van der Waals surface area (Å²) in [5.41, 5.74) is 0. The van der Waals surface area contributed by atoms with Gasteiger partial charge in [-0.3, -0.25) is 0 Å². The standard InChI is InChI=1S/C12H26OS/c1-3-5-7-8-9-12(13)11-14-10-6-4-2/h12-13H,3-11H2,1-2H3. The van der Waals surface area contributed by atoms with E-state index in [1.165, 1.54) is 44.3 Å². The van der Waals surface area contributed by atoms with Gasteiger partial charge in [-0.05, 0) is 18.6 Å². The lowest BCUT2D eigenvalue weighted by molar-refractivity contribution is 0.185. The van der Waals surface area contributed by atoms with Crippen molar-refractivity contribution in [2.24, 2.45) is 0 Å². The molecule has 86 valence electrons. The molecule has 0 aliphatic carbocycles. The van der Waals surface area contributed by atoms with Crippen LogP contribution in [0, 0.1) is 0 Å². The number of aliphatic hydroxyl groups excluding tert-OH is 1. The smallest absolute Gasteiger partial charge is 0.0630 e. The van der Waals surface area contributed by atoms with Crippen molar-refractivity contribution in [2.75, 3.05) is 11.5 Å². The van der Waals surface area contributed by atoms with Crippen molar-refractivity contribution in [3.05, 3.63) is 0 Å². The van der Waals surface area contributed by atoms with Gasteiger partial charge in [0.05, 0.1) is 6.10 Å². The summed E-state index contributed by atoms with van der Waals surface area (Å²) < 4.78 is 0. The normalized spacial score (nSPS) is 13.1. The predicted molar refractivity (Wildman–Crippen MR) is 67.0 cm³/mol. The molecule has 1 unspecified atom stereocenters. The summed E-state index contributed by atoms with van der Waals surface area (Å²) in [5.74, 6) is 2.15. The lowest BCUT2D eigenvalue weighted by Gasteiger charge is -2.09. The molecule has 0 aromatic carbocycles. The number of aliphatic hydroxyl groups is 1. The Balaban J connectivity index is 3.07. The zero-order chi connectivity index (χ0) is 10.6. The highest BCUT2D eigenvalue weighted by atomic mass is 32.2. The first-order chi connectivity index (χ1) is 6.81. The van der Waals surface area contributed by atoms with Crippen LogP contribution in [-0.4, -0.2) is 22.7 Å². The van der Waals surface area contributed by atoms with Crippen LogP contribution in [0.15, 0.2) is 0 Å². The fourth-order valence-corrected chi connectivity index (χ4v) is 2.45. The maximum Gasteiger partial charge on any atom is 0.0630 e. The maximum atomic E-state index is 9.63. The summed E-state index contributed by atoms with van der Waals surface area (Å²) in [7, 11) is 0. The lowest BCUT2D eigenvalue weighted by Crippen LogP contribution is -2.09. The van der Waals surface area contributed by atoms with Crippen molar-refractivity contribution in [2.45, 2.75) is 64.9 Å². The predicted octanol–water partition coefficient (Wildman–Crippen LogP) is 3.85. The topological polar surface area (TPSA) is 20.2 Å². The first-order valence-corrected chi connectivity index (χ1v) is 7.22. The third kappa shape index (κ3) is 10.4. The maximum absolute atomic E-state index is 9.63. The van der Waals surface area contributed by atoms with Crippen LogP contribution in [0.1, 0.15) is 58.8 Å². The van der Waals surface area contributed by atoms with Gasteiger partial charge in [0.25, 0.3) is 0 Å². The van der Waals surface area contributed by atoms with E-state index in [1.54, 1.807) is 0 Å². The molecule has 0 saturated carbocycles. The molecule has 0 rings (SSSR count). The van der Waals surface area contributed by atoms with Crippen molar-refractivity contribution in [3.8, 4) is 0 Å². The summed E-state index contributed by atoms with van der Waals surface area (Å²) in [4.78, 5) is 0. The molecule has 0 aromatic heterocycles. The van der Waals surface area contributed by atoms with E-state index in [1.807, 2.05) is 11.8 Å². The van der Waals surface area contributed by atoms with Crippen molar-refractivity contribution >= 4 is 11.8 Å². The van der Waals surface area contributed by atoms with E-state index in [-0.39, 0.29) is 6.10 Å². The highest BCUT2D eigenvalue weighted by Gasteiger charge is 2.03. The Labute approximate surface area is 93.7 Å². The third-order valence-corrected chi connectivity index (χ3v) is 3.54. The number of thioether (sulfide) groups is 1. The molecule has 1 nitrogen and oxygen atoms in total. The molecule has 0 aliphatic rings. The van der Waals surface area contributed by atoms with E-state index in [4.69, 9.17) is 0 Å². The molecule has 1 atom stereocenters. The Kier molecular flexibility index (Phi) is 11.6. The Morgan fingerprint density at radius 3 is 2.36 bits per heavy atom. The van der Waals surface area contributed by atoms with Crippen LogP contribution in [0.3, 0.4) is 0 Å². The van der Waals surface area contributed by atoms with E-state index in [0.717, 1.165) is 12.2 Å². The summed E-state index contributed by atoms with van der Waals surface area (Å²) in [6.45, 7) is 4.43. The summed E-state index contributed by atoms with van der Waals surface area (Å²) >= 11 is 1.90. The highest BCUT2D eigenvalue weighted by molar-refractivity contribution is 7.99. The fraction of sp³-hybridized carbons (Fsp3) is 1.00. The van der Waals surface area contributed by atoms with Gasteiger partial charge in [0.1, 0.15) is 0 Å². The average Bonchev–Trinajstić information content (AvgIpc) is 2.19. The van der Waals surface area contributed by atoms with Crippen LogP contribution in [-0.2, 0) is 0 Å². The number of hydrogen-bond acceptors (Lipinski definition) is 2. The summed E-state index contributed by atoms with van der Waals surface area (Å²) in [6, 6.07) is 0. The van der Waals surface area contributed by atoms with Crippen LogP contribution in [0.4, 0.5) is 0 Å². The minimum absolute atomic E-state index is 0.0614. The zero-order valence-corrected chi connectivity index (χ0v) is 10.6. The summed E-state index contributed by atoms with van der Waals surface area (Å²) in [5, 5.41) is 9.63. The Morgan fingerprint density at radius 2 is 1.71 bits per heavy atom. The largest absolute Gasteiger partial charge is 0.392 e. The first-order valence-electron chi connectivity index (χ1n) is 6.07. The second-order valence-electron chi connectivity index (χ2n) is 3.93. The van der Waals surface area contributed by atoms with Gasteiger partial charge in [-0.1, -0.05) is 46.0 Å². The molecule has 0 spiro atoms. The molecular weight excluding hydrogens is 192 g/mol. The fourth-order valence-electron chi connectivity index (χ4n) is 1.36. The van der Waals surface area contributed by atoms with E-state index < -0.39 is 0 Å². The number of rotatable bonds is 10. The second-order valence-corrected chi connectivity index (χ2v) is 5.08.